The van der Waals surface area contributed by atoms with E-state index in [1.54, 1.807) is 6.92 Å². The summed E-state index contributed by atoms with van der Waals surface area (Å²) in [7, 11) is -2.80. The van der Waals surface area contributed by atoms with Crippen LogP contribution in [-0.2, 0) is 19.6 Å². The van der Waals surface area contributed by atoms with E-state index < -0.39 is 27.9 Å². The predicted molar refractivity (Wildman–Crippen MR) is 85.3 cm³/mol. The van der Waals surface area contributed by atoms with Crippen LogP contribution in [0.5, 0.6) is 0 Å². The van der Waals surface area contributed by atoms with Crippen molar-refractivity contribution >= 4 is 21.9 Å². The van der Waals surface area contributed by atoms with Crippen LogP contribution in [0.15, 0.2) is 23.1 Å². The molecule has 0 aliphatic carbocycles. The van der Waals surface area contributed by atoms with Gasteiger partial charge in [0.2, 0.25) is 15.9 Å². The van der Waals surface area contributed by atoms with Gasteiger partial charge in [-0.1, -0.05) is 19.9 Å². The zero-order valence-electron chi connectivity index (χ0n) is 13.6. The highest BCUT2D eigenvalue weighted by molar-refractivity contribution is 7.89. The van der Waals surface area contributed by atoms with Crippen molar-refractivity contribution in [1.82, 2.24) is 4.72 Å². The molecule has 0 fully saturated rings. The van der Waals surface area contributed by atoms with Crippen LogP contribution in [0.25, 0.3) is 0 Å². The van der Waals surface area contributed by atoms with Crippen LogP contribution in [0.4, 0.5) is 0 Å². The number of amides is 1. The number of hydrogen-bond acceptors (Lipinski definition) is 5. The number of hydrogen-bond donors (Lipinski definition) is 2. The largest absolute Gasteiger partial charge is 0.468 e. The van der Waals surface area contributed by atoms with E-state index in [2.05, 4.69) is 9.46 Å². The van der Waals surface area contributed by atoms with Gasteiger partial charge in [0.1, 0.15) is 6.04 Å². The van der Waals surface area contributed by atoms with E-state index in [0.29, 0.717) is 12.0 Å². The number of carbonyl (C=O) groups is 2. The molecule has 23 heavy (non-hydrogen) atoms. The number of methoxy groups -OCH3 is 1. The third kappa shape index (κ3) is 5.04. The Bertz CT molecular complexity index is 698. The monoisotopic (exact) mass is 342 g/mol. The molecule has 1 atom stereocenters. The summed E-state index contributed by atoms with van der Waals surface area (Å²) in [6.45, 7) is 5.38. The number of nitrogens with one attached hydrogen (secondary N) is 1. The molecule has 0 bridgehead atoms. The van der Waals surface area contributed by atoms with Crippen LogP contribution in [0.2, 0.25) is 0 Å². The van der Waals surface area contributed by atoms with E-state index in [4.69, 9.17) is 5.73 Å². The number of aryl methyl sites for hydroxylation is 1. The summed E-state index contributed by atoms with van der Waals surface area (Å²) in [5.74, 6) is -1.29. The number of benzene rings is 1. The van der Waals surface area contributed by atoms with E-state index in [1.165, 1.54) is 25.3 Å². The Balaban J connectivity index is 3.17. The minimum absolute atomic E-state index is 0.0843. The Labute approximate surface area is 136 Å². The quantitative estimate of drug-likeness (QED) is 0.716. The molecule has 0 aliphatic heterocycles. The standard InChI is InChI=1S/C15H22N2O5S/c1-9(2)7-13(15(19)22-4)17-23(20,21)11-6-5-10(3)12(8-11)14(16)18/h5-6,8-9,13,17H,7H2,1-4H3,(H2,16,18)/t13-/m1/s1. The zero-order chi connectivity index (χ0) is 17.8. The number of esters is 1. The average molecular weight is 342 g/mol. The molecule has 1 aromatic carbocycles. The molecule has 1 aromatic rings. The molecule has 0 heterocycles. The third-order valence-electron chi connectivity index (χ3n) is 3.28. The number of carbonyl (C=O) groups excluding carboxylic acids is 2. The molecule has 3 N–H and O–H groups in total. The number of ether oxygens (including phenoxy) is 1. The minimum atomic E-state index is -3.99. The number of sulfonamides is 1. The van der Waals surface area contributed by atoms with Gasteiger partial charge >= 0.3 is 5.97 Å². The van der Waals surface area contributed by atoms with Gasteiger partial charge in [-0.15, -0.1) is 0 Å². The Morgan fingerprint density at radius 3 is 2.39 bits per heavy atom. The lowest BCUT2D eigenvalue weighted by Crippen LogP contribution is -2.42. The van der Waals surface area contributed by atoms with Gasteiger partial charge in [-0.2, -0.15) is 4.72 Å². The fraction of sp³-hybridized carbons (Fsp3) is 0.467. The second-order valence-electron chi connectivity index (χ2n) is 5.67. The second kappa shape index (κ2) is 7.56. The molecule has 0 aromatic heterocycles. The number of rotatable bonds is 7. The van der Waals surface area contributed by atoms with E-state index in [-0.39, 0.29) is 16.4 Å². The summed E-state index contributed by atoms with van der Waals surface area (Å²) < 4.78 is 31.9. The molecule has 0 radical (unpaired) electrons. The van der Waals surface area contributed by atoms with Gasteiger partial charge in [-0.3, -0.25) is 9.59 Å². The maximum Gasteiger partial charge on any atom is 0.323 e. The summed E-state index contributed by atoms with van der Waals surface area (Å²) in [6, 6.07) is 3.05. The number of nitrogens with two attached hydrogens (primary N) is 1. The summed E-state index contributed by atoms with van der Waals surface area (Å²) >= 11 is 0. The van der Waals surface area contributed by atoms with E-state index in [9.17, 15) is 18.0 Å². The molecule has 0 aliphatic rings. The zero-order valence-corrected chi connectivity index (χ0v) is 14.4. The van der Waals surface area contributed by atoms with Crippen molar-refractivity contribution < 1.29 is 22.7 Å². The first kappa shape index (κ1) is 19.1. The first-order valence-electron chi connectivity index (χ1n) is 7.09. The maximum atomic E-state index is 12.5. The van der Waals surface area contributed by atoms with Crippen LogP contribution < -0.4 is 10.5 Å². The van der Waals surface area contributed by atoms with E-state index >= 15 is 0 Å². The number of primary amides is 1. The van der Waals surface area contributed by atoms with Crippen molar-refractivity contribution in [3.8, 4) is 0 Å². The molecular weight excluding hydrogens is 320 g/mol. The molecule has 0 saturated carbocycles. The van der Waals surface area contributed by atoms with Crippen molar-refractivity contribution in [2.45, 2.75) is 38.1 Å². The highest BCUT2D eigenvalue weighted by Crippen LogP contribution is 2.17. The summed E-state index contributed by atoms with van der Waals surface area (Å²) in [6.07, 6.45) is 0.292. The molecule has 0 saturated heterocycles. The van der Waals surface area contributed by atoms with Crippen molar-refractivity contribution in [3.63, 3.8) is 0 Å². The molecular formula is C15H22N2O5S. The SMILES string of the molecule is COC(=O)[C@@H](CC(C)C)NS(=O)(=O)c1ccc(C)c(C(N)=O)c1. The van der Waals surface area contributed by atoms with Gasteiger partial charge in [-0.25, -0.2) is 8.42 Å². The van der Waals surface area contributed by atoms with Gasteiger partial charge in [-0.05, 0) is 37.0 Å². The first-order valence-corrected chi connectivity index (χ1v) is 8.57. The minimum Gasteiger partial charge on any atom is -0.468 e. The van der Waals surface area contributed by atoms with Crippen molar-refractivity contribution in [1.29, 1.82) is 0 Å². The molecule has 0 spiro atoms. The van der Waals surface area contributed by atoms with Crippen LogP contribution in [0, 0.1) is 12.8 Å². The van der Waals surface area contributed by atoms with E-state index in [1.807, 2.05) is 13.8 Å². The van der Waals surface area contributed by atoms with Crippen molar-refractivity contribution in [2.75, 3.05) is 7.11 Å². The Morgan fingerprint density at radius 1 is 1.30 bits per heavy atom. The van der Waals surface area contributed by atoms with Gasteiger partial charge in [0.25, 0.3) is 0 Å². The lowest BCUT2D eigenvalue weighted by molar-refractivity contribution is -0.143. The highest BCUT2D eigenvalue weighted by Gasteiger charge is 2.27. The van der Waals surface area contributed by atoms with Crippen LogP contribution in [0.1, 0.15) is 36.2 Å². The smallest absolute Gasteiger partial charge is 0.323 e. The highest BCUT2D eigenvalue weighted by atomic mass is 32.2. The fourth-order valence-corrected chi connectivity index (χ4v) is 3.32. The van der Waals surface area contributed by atoms with Crippen molar-refractivity contribution in [2.24, 2.45) is 11.7 Å². The maximum absolute atomic E-state index is 12.5. The molecule has 1 amide bonds. The Kier molecular flexibility index (Phi) is 6.28. The van der Waals surface area contributed by atoms with Gasteiger partial charge in [0, 0.05) is 5.56 Å². The fourth-order valence-electron chi connectivity index (χ4n) is 2.10. The van der Waals surface area contributed by atoms with Crippen LogP contribution in [-0.4, -0.2) is 33.4 Å². The second-order valence-corrected chi connectivity index (χ2v) is 7.38. The first-order chi connectivity index (χ1) is 10.6. The Morgan fingerprint density at radius 2 is 1.91 bits per heavy atom. The third-order valence-corrected chi connectivity index (χ3v) is 4.74. The molecule has 7 nitrogen and oxygen atoms in total. The summed E-state index contributed by atoms with van der Waals surface area (Å²) in [5, 5.41) is 0. The van der Waals surface area contributed by atoms with Crippen LogP contribution >= 0.6 is 0 Å². The molecule has 128 valence electrons. The summed E-state index contributed by atoms with van der Waals surface area (Å²) in [4.78, 5) is 23.0. The van der Waals surface area contributed by atoms with Gasteiger partial charge in [0.15, 0.2) is 0 Å². The van der Waals surface area contributed by atoms with Crippen molar-refractivity contribution in [3.05, 3.63) is 29.3 Å². The van der Waals surface area contributed by atoms with E-state index in [0.717, 1.165) is 0 Å². The lowest BCUT2D eigenvalue weighted by Gasteiger charge is -2.18. The van der Waals surface area contributed by atoms with Gasteiger partial charge in [0.05, 0.1) is 12.0 Å². The van der Waals surface area contributed by atoms with Gasteiger partial charge < -0.3 is 10.5 Å². The lowest BCUT2D eigenvalue weighted by atomic mass is 10.1. The predicted octanol–water partition coefficient (Wildman–Crippen LogP) is 0.960. The van der Waals surface area contributed by atoms with Crippen LogP contribution in [0.3, 0.4) is 0 Å². The Hall–Kier alpha value is -1.93. The normalized spacial score (nSPS) is 12.9. The molecule has 1 rings (SSSR count). The molecule has 0 unspecified atom stereocenters. The average Bonchev–Trinajstić information content (AvgIpc) is 2.44. The summed E-state index contributed by atoms with van der Waals surface area (Å²) in [5.41, 5.74) is 5.92. The molecule has 8 heteroatoms. The topological polar surface area (TPSA) is 116 Å².